The maximum absolute atomic E-state index is 13.8. The van der Waals surface area contributed by atoms with Crippen LogP contribution in [0.3, 0.4) is 0 Å². The van der Waals surface area contributed by atoms with Crippen molar-refractivity contribution in [2.24, 2.45) is 0 Å². The first-order chi connectivity index (χ1) is 19.3. The second kappa shape index (κ2) is 11.4. The second-order valence-electron chi connectivity index (χ2n) is 9.68. The van der Waals surface area contributed by atoms with Gasteiger partial charge in [0.15, 0.2) is 11.3 Å². The number of nitrogens with zero attached hydrogens (tertiary/aromatic N) is 8. The van der Waals surface area contributed by atoms with E-state index in [1.54, 1.807) is 12.2 Å². The molecule has 3 aromatic heterocycles. The SMILES string of the molecule is CCCCN1/C(=C/C=C/C=c2/c(C(F)(F)F)nn3nc(-c4cnccn4)nc23)N(CCCC)c2cc(C)ccc21. The van der Waals surface area contributed by atoms with E-state index in [2.05, 4.69) is 73.9 Å². The summed E-state index contributed by atoms with van der Waals surface area (Å²) in [4.78, 5) is 17.0. The number of hydrogen-bond acceptors (Lipinski definition) is 7. The van der Waals surface area contributed by atoms with E-state index in [1.165, 1.54) is 30.2 Å². The molecule has 0 atom stereocenters. The third-order valence-corrected chi connectivity index (χ3v) is 6.70. The maximum atomic E-state index is 13.8. The Hall–Kier alpha value is -4.28. The van der Waals surface area contributed by atoms with Crippen LogP contribution in [0, 0.1) is 6.92 Å². The summed E-state index contributed by atoms with van der Waals surface area (Å²) in [7, 11) is 0. The van der Waals surface area contributed by atoms with Gasteiger partial charge in [0, 0.05) is 25.5 Å². The molecule has 0 N–H and O–H groups in total. The van der Waals surface area contributed by atoms with E-state index in [4.69, 9.17) is 0 Å². The monoisotopic (exact) mass is 548 g/mol. The summed E-state index contributed by atoms with van der Waals surface area (Å²) >= 11 is 0. The molecule has 0 saturated heterocycles. The van der Waals surface area contributed by atoms with Gasteiger partial charge in [-0.25, -0.2) is 9.97 Å². The minimum absolute atomic E-state index is 0.00294. The number of aryl methyl sites for hydroxylation is 1. The minimum atomic E-state index is -4.66. The van der Waals surface area contributed by atoms with Gasteiger partial charge in [0.2, 0.25) is 5.82 Å². The lowest BCUT2D eigenvalue weighted by atomic mass is 10.1. The topological polar surface area (TPSA) is 75.3 Å². The predicted molar refractivity (Wildman–Crippen MR) is 149 cm³/mol. The average Bonchev–Trinajstić information content (AvgIpc) is 3.59. The van der Waals surface area contributed by atoms with E-state index in [0.717, 1.165) is 60.6 Å². The molecule has 11 heteroatoms. The van der Waals surface area contributed by atoms with Crippen molar-refractivity contribution in [3.63, 3.8) is 0 Å². The Morgan fingerprint density at radius 2 is 1.62 bits per heavy atom. The summed E-state index contributed by atoms with van der Waals surface area (Å²) in [6.45, 7) is 8.11. The fraction of sp³-hybridized carbons (Fsp3) is 0.345. The summed E-state index contributed by atoms with van der Waals surface area (Å²) in [6.07, 6.45) is 10.6. The molecule has 8 nitrogen and oxygen atoms in total. The lowest BCUT2D eigenvalue weighted by Gasteiger charge is -2.25. The largest absolute Gasteiger partial charge is 0.435 e. The highest BCUT2D eigenvalue weighted by molar-refractivity contribution is 5.83. The van der Waals surface area contributed by atoms with Crippen molar-refractivity contribution in [1.29, 1.82) is 0 Å². The highest BCUT2D eigenvalue weighted by atomic mass is 19.4. The number of allylic oxidation sites excluding steroid dienone is 3. The number of aromatic nitrogens is 6. The van der Waals surface area contributed by atoms with Crippen LogP contribution in [0.15, 0.2) is 60.8 Å². The molecule has 208 valence electrons. The summed E-state index contributed by atoms with van der Waals surface area (Å²) in [5, 5.41) is 7.63. The second-order valence-corrected chi connectivity index (χ2v) is 9.68. The molecule has 0 amide bonds. The van der Waals surface area contributed by atoms with E-state index in [9.17, 15) is 13.2 Å². The van der Waals surface area contributed by atoms with Crippen molar-refractivity contribution in [1.82, 2.24) is 29.8 Å². The number of anilines is 2. The lowest BCUT2D eigenvalue weighted by molar-refractivity contribution is -0.142. The first kappa shape index (κ1) is 27.3. The van der Waals surface area contributed by atoms with Crippen LogP contribution in [0.5, 0.6) is 0 Å². The molecule has 0 spiro atoms. The Kier molecular flexibility index (Phi) is 7.81. The van der Waals surface area contributed by atoms with Crippen molar-refractivity contribution in [2.75, 3.05) is 22.9 Å². The molecule has 0 fully saturated rings. The van der Waals surface area contributed by atoms with Gasteiger partial charge in [0.25, 0.3) is 0 Å². The van der Waals surface area contributed by atoms with Gasteiger partial charge in [0.1, 0.15) is 11.5 Å². The van der Waals surface area contributed by atoms with E-state index < -0.39 is 11.9 Å². The number of rotatable bonds is 9. The third-order valence-electron chi connectivity index (χ3n) is 6.70. The Labute approximate surface area is 230 Å². The fourth-order valence-corrected chi connectivity index (χ4v) is 4.73. The van der Waals surface area contributed by atoms with Gasteiger partial charge in [-0.15, -0.1) is 14.8 Å². The summed E-state index contributed by atoms with van der Waals surface area (Å²) in [5.41, 5.74) is 2.81. The van der Waals surface area contributed by atoms with Crippen LogP contribution in [0.25, 0.3) is 23.2 Å². The van der Waals surface area contributed by atoms with Gasteiger partial charge in [-0.1, -0.05) is 44.9 Å². The third kappa shape index (κ3) is 5.41. The molecule has 0 saturated carbocycles. The number of alkyl halides is 3. The van der Waals surface area contributed by atoms with E-state index in [-0.39, 0.29) is 16.7 Å². The van der Waals surface area contributed by atoms with Gasteiger partial charge in [-0.2, -0.15) is 13.2 Å². The van der Waals surface area contributed by atoms with Crippen LogP contribution in [-0.4, -0.2) is 42.9 Å². The Morgan fingerprint density at radius 1 is 0.900 bits per heavy atom. The number of unbranched alkanes of at least 4 members (excludes halogenated alkanes) is 2. The van der Waals surface area contributed by atoms with Crippen LogP contribution < -0.4 is 15.0 Å². The Morgan fingerprint density at radius 3 is 2.30 bits per heavy atom. The van der Waals surface area contributed by atoms with Crippen molar-refractivity contribution >= 4 is 23.1 Å². The molecule has 0 aliphatic carbocycles. The molecule has 0 unspecified atom stereocenters. The van der Waals surface area contributed by atoms with Gasteiger partial charge >= 0.3 is 6.18 Å². The van der Waals surface area contributed by atoms with E-state index in [0.29, 0.717) is 5.69 Å². The minimum Gasteiger partial charge on any atom is -0.326 e. The smallest absolute Gasteiger partial charge is 0.326 e. The normalized spacial score (nSPS) is 15.3. The molecular weight excluding hydrogens is 517 g/mol. The molecule has 0 radical (unpaired) electrons. The van der Waals surface area contributed by atoms with Crippen LogP contribution >= 0.6 is 0 Å². The van der Waals surface area contributed by atoms with Crippen LogP contribution in [0.4, 0.5) is 24.5 Å². The molecule has 40 heavy (non-hydrogen) atoms. The summed E-state index contributed by atoms with van der Waals surface area (Å²) < 4.78 is 42.4. The van der Waals surface area contributed by atoms with E-state index >= 15 is 0 Å². The molecule has 1 aliphatic rings. The molecule has 5 rings (SSSR count). The molecule has 0 bridgehead atoms. The lowest BCUT2D eigenvalue weighted by Crippen LogP contribution is -2.29. The number of hydrogen-bond donors (Lipinski definition) is 0. The zero-order valence-electron chi connectivity index (χ0n) is 22.7. The molecule has 4 aromatic rings. The zero-order chi connectivity index (χ0) is 28.3. The number of benzene rings is 1. The highest BCUT2D eigenvalue weighted by Crippen LogP contribution is 2.42. The highest BCUT2D eigenvalue weighted by Gasteiger charge is 2.37. The van der Waals surface area contributed by atoms with Crippen molar-refractivity contribution in [3.8, 4) is 11.5 Å². The van der Waals surface area contributed by atoms with Crippen LogP contribution in [0.1, 0.15) is 50.8 Å². The summed E-state index contributed by atoms with van der Waals surface area (Å²) in [5.74, 6) is 1.17. The fourth-order valence-electron chi connectivity index (χ4n) is 4.73. The summed E-state index contributed by atoms with van der Waals surface area (Å²) in [6, 6.07) is 6.46. The molecule has 1 aromatic carbocycles. The maximum Gasteiger partial charge on any atom is 0.435 e. The standard InChI is InChI=1S/C29H31F3N8/c1-4-6-16-38-23-13-12-20(3)18-24(23)39(17-7-5-2)25(38)11-9-8-10-21-26(29(30,31)32)36-40-28(21)35-27(37-40)22-19-33-14-15-34-22/h8-15,18-19H,4-7,16-17H2,1-3H3/b9-8+,21-10-,25-11-. The first-order valence-corrected chi connectivity index (χ1v) is 13.5. The van der Waals surface area contributed by atoms with Gasteiger partial charge < -0.3 is 9.80 Å². The van der Waals surface area contributed by atoms with Gasteiger partial charge in [-0.05, 0) is 49.6 Å². The number of fused-ring (bicyclic) bond motifs is 2. The van der Waals surface area contributed by atoms with Gasteiger partial charge in [-0.3, -0.25) is 4.98 Å². The first-order valence-electron chi connectivity index (χ1n) is 13.5. The molecule has 4 heterocycles. The Balaban J connectivity index is 1.55. The van der Waals surface area contributed by atoms with Crippen molar-refractivity contribution < 1.29 is 13.2 Å². The van der Waals surface area contributed by atoms with Crippen molar-refractivity contribution in [2.45, 2.75) is 52.6 Å². The van der Waals surface area contributed by atoms with E-state index in [1.807, 2.05) is 6.08 Å². The molecular formula is C29H31F3N8. The quantitative estimate of drug-likeness (QED) is 0.264. The van der Waals surface area contributed by atoms with Gasteiger partial charge in [0.05, 0.1) is 22.8 Å². The van der Waals surface area contributed by atoms with Crippen molar-refractivity contribution in [3.05, 3.63) is 77.3 Å². The average molecular weight is 549 g/mol. The number of halogens is 3. The Bertz CT molecular complexity index is 1590. The van der Waals surface area contributed by atoms with Crippen LogP contribution in [-0.2, 0) is 6.18 Å². The zero-order valence-corrected chi connectivity index (χ0v) is 22.7. The molecule has 1 aliphatic heterocycles. The predicted octanol–water partition coefficient (Wildman–Crippen LogP) is 5.73. The van der Waals surface area contributed by atoms with Crippen LogP contribution in [0.2, 0.25) is 0 Å².